The molecular weight excluding hydrogens is 224 g/mol. The first-order valence-electron chi connectivity index (χ1n) is 5.74. The van der Waals surface area contributed by atoms with E-state index in [1.165, 1.54) is 6.92 Å². The van der Waals surface area contributed by atoms with Crippen LogP contribution in [-0.4, -0.2) is 35.9 Å². The highest BCUT2D eigenvalue weighted by Gasteiger charge is 2.18. The Balaban J connectivity index is 4.04. The van der Waals surface area contributed by atoms with E-state index in [-0.39, 0.29) is 11.8 Å². The molecule has 0 saturated carbocycles. The summed E-state index contributed by atoms with van der Waals surface area (Å²) in [6, 6.07) is -0.403. The average Bonchev–Trinajstić information content (AvgIpc) is 2.23. The monoisotopic (exact) mass is 246 g/mol. The van der Waals surface area contributed by atoms with Crippen LogP contribution in [0.2, 0.25) is 0 Å². The molecule has 0 saturated heterocycles. The Labute approximate surface area is 102 Å². The lowest BCUT2D eigenvalue weighted by Gasteiger charge is -2.16. The summed E-state index contributed by atoms with van der Waals surface area (Å²) in [5.41, 5.74) is 0. The van der Waals surface area contributed by atoms with Crippen molar-refractivity contribution in [2.24, 2.45) is 0 Å². The van der Waals surface area contributed by atoms with Crippen molar-refractivity contribution in [2.75, 3.05) is 18.1 Å². The topological polar surface area (TPSA) is 58.2 Å². The molecule has 0 fully saturated rings. The van der Waals surface area contributed by atoms with Gasteiger partial charge in [0.25, 0.3) is 0 Å². The van der Waals surface area contributed by atoms with Gasteiger partial charge in [0.2, 0.25) is 11.8 Å². The molecule has 0 aliphatic carbocycles. The number of thioether (sulfide) groups is 1. The zero-order valence-corrected chi connectivity index (χ0v) is 11.2. The second kappa shape index (κ2) is 9.51. The molecular formula is C11H22N2O2S. The van der Waals surface area contributed by atoms with Crippen LogP contribution in [0, 0.1) is 0 Å². The predicted molar refractivity (Wildman–Crippen MR) is 68.5 cm³/mol. The number of amides is 2. The van der Waals surface area contributed by atoms with E-state index in [1.807, 2.05) is 6.92 Å². The lowest BCUT2D eigenvalue weighted by molar-refractivity contribution is -0.127. The summed E-state index contributed by atoms with van der Waals surface area (Å²) in [6.45, 7) is 6.22. The molecule has 0 aliphatic heterocycles. The Hall–Kier alpha value is -0.710. The molecule has 5 heteroatoms. The maximum atomic E-state index is 11.7. The molecule has 0 aromatic heterocycles. The number of carbonyl (C=O) groups is 2. The summed E-state index contributed by atoms with van der Waals surface area (Å²) in [6.07, 6.45) is 2.02. The molecule has 0 heterocycles. The third kappa shape index (κ3) is 7.56. The van der Waals surface area contributed by atoms with Gasteiger partial charge in [-0.2, -0.15) is 11.8 Å². The molecule has 0 aromatic carbocycles. The second-order valence-electron chi connectivity index (χ2n) is 3.56. The van der Waals surface area contributed by atoms with Crippen molar-refractivity contribution in [1.29, 1.82) is 0 Å². The molecule has 2 N–H and O–H groups in total. The first kappa shape index (κ1) is 15.3. The van der Waals surface area contributed by atoms with Gasteiger partial charge < -0.3 is 10.6 Å². The van der Waals surface area contributed by atoms with E-state index < -0.39 is 6.04 Å². The largest absolute Gasteiger partial charge is 0.354 e. The molecule has 0 bridgehead atoms. The van der Waals surface area contributed by atoms with Crippen molar-refractivity contribution >= 4 is 23.6 Å². The summed E-state index contributed by atoms with van der Waals surface area (Å²) in [5, 5.41) is 5.50. The SMILES string of the molecule is CCCCNC(=O)C(CSCC)NC(C)=O. The molecule has 0 spiro atoms. The summed E-state index contributed by atoms with van der Waals surface area (Å²) in [5.74, 6) is 1.34. The van der Waals surface area contributed by atoms with Crippen LogP contribution in [0.5, 0.6) is 0 Å². The Bertz CT molecular complexity index is 222. The van der Waals surface area contributed by atoms with Crippen molar-refractivity contribution in [3.63, 3.8) is 0 Å². The van der Waals surface area contributed by atoms with E-state index >= 15 is 0 Å². The Morgan fingerprint density at radius 1 is 1.31 bits per heavy atom. The summed E-state index contributed by atoms with van der Waals surface area (Å²) in [7, 11) is 0. The normalized spacial score (nSPS) is 11.9. The minimum atomic E-state index is -0.403. The maximum absolute atomic E-state index is 11.7. The van der Waals surface area contributed by atoms with Gasteiger partial charge in [-0.3, -0.25) is 9.59 Å². The third-order valence-electron chi connectivity index (χ3n) is 2.01. The lowest BCUT2D eigenvalue weighted by Crippen LogP contribution is -2.47. The van der Waals surface area contributed by atoms with Crippen LogP contribution in [-0.2, 0) is 9.59 Å². The van der Waals surface area contributed by atoms with Crippen molar-refractivity contribution in [1.82, 2.24) is 10.6 Å². The molecule has 1 atom stereocenters. The predicted octanol–water partition coefficient (Wildman–Crippen LogP) is 1.16. The molecule has 1 unspecified atom stereocenters. The number of unbranched alkanes of at least 4 members (excludes halogenated alkanes) is 1. The molecule has 0 rings (SSSR count). The zero-order chi connectivity index (χ0) is 12.4. The van der Waals surface area contributed by atoms with Crippen molar-refractivity contribution in [2.45, 2.75) is 39.7 Å². The van der Waals surface area contributed by atoms with Crippen LogP contribution < -0.4 is 10.6 Å². The van der Waals surface area contributed by atoms with Gasteiger partial charge in [0, 0.05) is 19.2 Å². The van der Waals surface area contributed by atoms with Crippen LogP contribution in [0.3, 0.4) is 0 Å². The highest BCUT2D eigenvalue weighted by atomic mass is 32.2. The van der Waals surface area contributed by atoms with E-state index in [2.05, 4.69) is 17.6 Å². The van der Waals surface area contributed by atoms with Gasteiger partial charge in [0.1, 0.15) is 6.04 Å². The number of nitrogens with one attached hydrogen (secondary N) is 2. The molecule has 0 radical (unpaired) electrons. The van der Waals surface area contributed by atoms with Crippen molar-refractivity contribution in [3.05, 3.63) is 0 Å². The molecule has 0 aromatic rings. The first-order valence-corrected chi connectivity index (χ1v) is 6.89. The summed E-state index contributed by atoms with van der Waals surface area (Å²) < 4.78 is 0. The Morgan fingerprint density at radius 3 is 2.50 bits per heavy atom. The minimum Gasteiger partial charge on any atom is -0.354 e. The first-order chi connectivity index (χ1) is 7.61. The van der Waals surface area contributed by atoms with Crippen LogP contribution in [0.15, 0.2) is 0 Å². The van der Waals surface area contributed by atoms with Gasteiger partial charge in [-0.25, -0.2) is 0 Å². The highest BCUT2D eigenvalue weighted by Crippen LogP contribution is 2.02. The lowest BCUT2D eigenvalue weighted by atomic mass is 10.3. The van der Waals surface area contributed by atoms with Gasteiger partial charge in [-0.15, -0.1) is 0 Å². The second-order valence-corrected chi connectivity index (χ2v) is 4.88. The fourth-order valence-corrected chi connectivity index (χ4v) is 1.88. The van der Waals surface area contributed by atoms with Gasteiger partial charge in [-0.1, -0.05) is 20.3 Å². The number of carbonyl (C=O) groups excluding carboxylic acids is 2. The number of rotatable bonds is 8. The Morgan fingerprint density at radius 2 is 2.00 bits per heavy atom. The fraction of sp³-hybridized carbons (Fsp3) is 0.818. The molecule has 0 aliphatic rings. The number of hydrogen-bond donors (Lipinski definition) is 2. The fourth-order valence-electron chi connectivity index (χ4n) is 1.18. The van der Waals surface area contributed by atoms with Crippen molar-refractivity contribution < 1.29 is 9.59 Å². The minimum absolute atomic E-state index is 0.0791. The quantitative estimate of drug-likeness (QED) is 0.632. The molecule has 4 nitrogen and oxygen atoms in total. The summed E-state index contributed by atoms with van der Waals surface area (Å²) >= 11 is 1.65. The number of hydrogen-bond acceptors (Lipinski definition) is 3. The third-order valence-corrected chi connectivity index (χ3v) is 2.99. The highest BCUT2D eigenvalue weighted by molar-refractivity contribution is 7.99. The average molecular weight is 246 g/mol. The van der Waals surface area contributed by atoms with Gasteiger partial charge in [0.05, 0.1) is 0 Å². The maximum Gasteiger partial charge on any atom is 0.243 e. The molecule has 94 valence electrons. The Kier molecular flexibility index (Phi) is 9.09. The van der Waals surface area contributed by atoms with Gasteiger partial charge in [0.15, 0.2) is 0 Å². The van der Waals surface area contributed by atoms with E-state index in [0.717, 1.165) is 18.6 Å². The van der Waals surface area contributed by atoms with Crippen LogP contribution in [0.25, 0.3) is 0 Å². The smallest absolute Gasteiger partial charge is 0.243 e. The van der Waals surface area contributed by atoms with Crippen LogP contribution in [0.1, 0.15) is 33.6 Å². The zero-order valence-electron chi connectivity index (χ0n) is 10.3. The van der Waals surface area contributed by atoms with Gasteiger partial charge in [-0.05, 0) is 12.2 Å². The standard InChI is InChI=1S/C11H22N2O2S/c1-4-6-7-12-11(15)10(8-16-5-2)13-9(3)14/h10H,4-8H2,1-3H3,(H,12,15)(H,13,14). The molecule has 16 heavy (non-hydrogen) atoms. The van der Waals surface area contributed by atoms with E-state index in [4.69, 9.17) is 0 Å². The molecule has 2 amide bonds. The van der Waals surface area contributed by atoms with Crippen LogP contribution in [0.4, 0.5) is 0 Å². The van der Waals surface area contributed by atoms with Gasteiger partial charge >= 0.3 is 0 Å². The van der Waals surface area contributed by atoms with E-state index in [0.29, 0.717) is 12.3 Å². The van der Waals surface area contributed by atoms with E-state index in [9.17, 15) is 9.59 Å². The van der Waals surface area contributed by atoms with E-state index in [1.54, 1.807) is 11.8 Å². The van der Waals surface area contributed by atoms with Crippen molar-refractivity contribution in [3.8, 4) is 0 Å². The summed E-state index contributed by atoms with van der Waals surface area (Å²) in [4.78, 5) is 22.7. The van der Waals surface area contributed by atoms with Crippen LogP contribution >= 0.6 is 11.8 Å².